The Kier molecular flexibility index (Phi) is 6.25. The van der Waals surface area contributed by atoms with Crippen molar-refractivity contribution in [2.45, 2.75) is 63.8 Å². The monoisotopic (exact) mass is 438 g/mol. The fourth-order valence-corrected chi connectivity index (χ4v) is 5.11. The van der Waals surface area contributed by atoms with Gasteiger partial charge in [0.25, 0.3) is 6.71 Å². The molecule has 1 aromatic heterocycles. The molecular formula is C23H28BFN4O3. The Morgan fingerprint density at radius 3 is 2.72 bits per heavy atom. The Morgan fingerprint density at radius 1 is 1.28 bits per heavy atom. The van der Waals surface area contributed by atoms with E-state index in [4.69, 9.17) is 10.00 Å². The first-order chi connectivity index (χ1) is 15.5. The number of nitrogens with one attached hydrogen (secondary N) is 1. The normalized spacial score (nSPS) is 22.5. The van der Waals surface area contributed by atoms with Crippen molar-refractivity contribution in [3.8, 4) is 5.97 Å². The Labute approximate surface area is 187 Å². The molecule has 0 aliphatic carbocycles. The van der Waals surface area contributed by atoms with Gasteiger partial charge in [0, 0.05) is 36.6 Å². The topological polar surface area (TPSA) is 87.4 Å². The number of nitrogens with zero attached hydrogens (tertiary/aromatic N) is 3. The van der Waals surface area contributed by atoms with Crippen molar-refractivity contribution >= 4 is 35.2 Å². The van der Waals surface area contributed by atoms with E-state index in [1.807, 2.05) is 26.1 Å². The van der Waals surface area contributed by atoms with E-state index in [1.54, 1.807) is 6.07 Å². The Hall–Kier alpha value is -2.86. The van der Waals surface area contributed by atoms with Crippen molar-refractivity contribution in [2.75, 3.05) is 18.1 Å². The first kappa shape index (κ1) is 22.3. The Morgan fingerprint density at radius 2 is 2.03 bits per heavy atom. The molecule has 4 heterocycles. The fraction of sp³-hybridized carbons (Fsp3) is 0.522. The molecule has 0 bridgehead atoms. The minimum atomic E-state index is -0.594. The van der Waals surface area contributed by atoms with Crippen LogP contribution in [0.15, 0.2) is 24.4 Å². The van der Waals surface area contributed by atoms with Crippen LogP contribution in [-0.4, -0.2) is 42.0 Å². The van der Waals surface area contributed by atoms with Crippen molar-refractivity contribution in [3.63, 3.8) is 0 Å². The van der Waals surface area contributed by atoms with Gasteiger partial charge in [-0.15, -0.1) is 0 Å². The van der Waals surface area contributed by atoms with E-state index in [2.05, 4.69) is 15.9 Å². The van der Waals surface area contributed by atoms with Crippen LogP contribution in [-0.2, 0) is 9.53 Å². The number of carbonyl (C=O) groups is 2. The summed E-state index contributed by atoms with van der Waals surface area (Å²) in [5.74, 6) is 1.53. The van der Waals surface area contributed by atoms with E-state index in [0.29, 0.717) is 6.61 Å². The molecule has 5 rings (SSSR count). The standard InChI is InChI=1S/C21H22BFN4O3.C2H6/c23-16-10-17-14(9-18(16)27-8-2-19(28)25-20(27)29)1-7-26(17)15-11-21(30-12-15)3-5-22(13-24)6-4-21;1-2/h1,7,9-10,15H,2-6,8,11-12H2,(H,25,28,29);1-2H3. The van der Waals surface area contributed by atoms with Crippen LogP contribution in [0, 0.1) is 17.0 Å². The molecule has 3 aliphatic heterocycles. The molecule has 168 valence electrons. The zero-order valence-electron chi connectivity index (χ0n) is 18.6. The second-order valence-corrected chi connectivity index (χ2v) is 8.60. The number of imide groups is 1. The van der Waals surface area contributed by atoms with Crippen LogP contribution in [0.1, 0.15) is 45.6 Å². The van der Waals surface area contributed by atoms with Crippen molar-refractivity contribution in [3.05, 3.63) is 30.2 Å². The maximum Gasteiger partial charge on any atom is 0.328 e. The number of carbonyl (C=O) groups excluding carboxylic acids is 2. The predicted octanol–water partition coefficient (Wildman–Crippen LogP) is 4.30. The third-order valence-corrected chi connectivity index (χ3v) is 6.80. The molecule has 1 N–H and O–H groups in total. The number of hydrogen-bond donors (Lipinski definition) is 1. The predicted molar refractivity (Wildman–Crippen MR) is 121 cm³/mol. The van der Waals surface area contributed by atoms with Gasteiger partial charge in [0.15, 0.2) is 0 Å². The lowest BCUT2D eigenvalue weighted by atomic mass is 9.41. The number of amides is 3. The summed E-state index contributed by atoms with van der Waals surface area (Å²) in [6, 6.07) is 4.57. The number of halogens is 1. The molecular weight excluding hydrogens is 410 g/mol. The van der Waals surface area contributed by atoms with E-state index in [-0.39, 0.29) is 42.9 Å². The first-order valence-electron chi connectivity index (χ1n) is 11.4. The van der Waals surface area contributed by atoms with Crippen LogP contribution >= 0.6 is 0 Å². The summed E-state index contributed by atoms with van der Waals surface area (Å²) >= 11 is 0. The van der Waals surface area contributed by atoms with Crippen molar-refractivity contribution in [2.24, 2.45) is 0 Å². The molecule has 0 saturated carbocycles. The summed E-state index contributed by atoms with van der Waals surface area (Å²) < 4.78 is 23.2. The van der Waals surface area contributed by atoms with Crippen LogP contribution in [0.4, 0.5) is 14.9 Å². The van der Waals surface area contributed by atoms with E-state index < -0.39 is 11.8 Å². The average Bonchev–Trinajstić information content (AvgIpc) is 3.39. The molecule has 9 heteroatoms. The number of ether oxygens (including phenoxy) is 1. The number of benzene rings is 1. The minimum absolute atomic E-state index is 0.113. The summed E-state index contributed by atoms with van der Waals surface area (Å²) in [4.78, 5) is 24.8. The van der Waals surface area contributed by atoms with Gasteiger partial charge >= 0.3 is 6.03 Å². The maximum atomic E-state index is 15.0. The zero-order chi connectivity index (χ0) is 22.9. The van der Waals surface area contributed by atoms with Crippen molar-refractivity contribution < 1.29 is 18.7 Å². The highest BCUT2D eigenvalue weighted by Crippen LogP contribution is 2.44. The summed E-state index contributed by atoms with van der Waals surface area (Å²) in [6.07, 6.45) is 6.47. The number of rotatable bonds is 2. The average molecular weight is 438 g/mol. The smallest absolute Gasteiger partial charge is 0.328 e. The highest BCUT2D eigenvalue weighted by molar-refractivity contribution is 6.67. The summed E-state index contributed by atoms with van der Waals surface area (Å²) in [7, 11) is 0. The van der Waals surface area contributed by atoms with Gasteiger partial charge in [-0.05, 0) is 31.4 Å². The number of hydrogen-bond acceptors (Lipinski definition) is 4. The van der Waals surface area contributed by atoms with Crippen molar-refractivity contribution in [1.82, 2.24) is 9.88 Å². The molecule has 32 heavy (non-hydrogen) atoms. The Bertz CT molecular complexity index is 1070. The van der Waals surface area contributed by atoms with E-state index in [1.165, 1.54) is 11.0 Å². The van der Waals surface area contributed by atoms with Crippen LogP contribution in [0.25, 0.3) is 10.9 Å². The number of urea groups is 1. The first-order valence-corrected chi connectivity index (χ1v) is 11.4. The number of aromatic nitrogens is 1. The third-order valence-electron chi connectivity index (χ3n) is 6.80. The van der Waals surface area contributed by atoms with Gasteiger partial charge in [-0.2, -0.15) is 0 Å². The van der Waals surface area contributed by atoms with Crippen LogP contribution in [0.3, 0.4) is 0 Å². The number of nitriles is 1. The number of fused-ring (bicyclic) bond motifs is 1. The molecule has 3 saturated heterocycles. The van der Waals surface area contributed by atoms with Gasteiger partial charge in [0.05, 0.1) is 29.5 Å². The van der Waals surface area contributed by atoms with Crippen LogP contribution < -0.4 is 10.2 Å². The van der Waals surface area contributed by atoms with Gasteiger partial charge < -0.3 is 9.30 Å². The SMILES string of the molecule is CC.N#CB1CCC2(CC1)CC(n1ccc3cc(N4CCC(=O)NC4=O)c(F)cc31)CO2. The van der Waals surface area contributed by atoms with Gasteiger partial charge in [-0.1, -0.05) is 26.5 Å². The van der Waals surface area contributed by atoms with Crippen LogP contribution in [0.5, 0.6) is 0 Å². The van der Waals surface area contributed by atoms with E-state index in [0.717, 1.165) is 42.8 Å². The van der Waals surface area contributed by atoms with Gasteiger partial charge in [-0.3, -0.25) is 15.0 Å². The Balaban J connectivity index is 0.00000119. The molecule has 3 fully saturated rings. The largest absolute Gasteiger partial charge is 0.373 e. The highest BCUT2D eigenvalue weighted by atomic mass is 19.1. The minimum Gasteiger partial charge on any atom is -0.373 e. The third kappa shape index (κ3) is 4.00. The number of anilines is 1. The molecule has 7 nitrogen and oxygen atoms in total. The second-order valence-electron chi connectivity index (χ2n) is 8.60. The lowest BCUT2D eigenvalue weighted by Crippen LogP contribution is -2.49. The molecule has 1 aromatic carbocycles. The second kappa shape index (κ2) is 8.95. The van der Waals surface area contributed by atoms with Gasteiger partial charge in [0.2, 0.25) is 5.91 Å². The van der Waals surface area contributed by atoms with Crippen LogP contribution in [0.2, 0.25) is 12.6 Å². The molecule has 3 aliphatic rings. The lowest BCUT2D eigenvalue weighted by molar-refractivity contribution is -0.120. The van der Waals surface area contributed by atoms with Gasteiger partial charge in [-0.25, -0.2) is 14.4 Å². The van der Waals surface area contributed by atoms with Crippen molar-refractivity contribution in [1.29, 1.82) is 5.26 Å². The zero-order valence-corrected chi connectivity index (χ0v) is 18.6. The summed E-state index contributed by atoms with van der Waals surface area (Å²) in [5, 5.41) is 12.2. The summed E-state index contributed by atoms with van der Waals surface area (Å²) in [6.45, 7) is 4.86. The van der Waals surface area contributed by atoms with E-state index in [9.17, 15) is 14.0 Å². The molecule has 1 unspecified atom stereocenters. The maximum absolute atomic E-state index is 15.0. The quantitative estimate of drug-likeness (QED) is 0.709. The highest BCUT2D eigenvalue weighted by Gasteiger charge is 2.44. The fourth-order valence-electron chi connectivity index (χ4n) is 5.11. The molecule has 0 radical (unpaired) electrons. The summed E-state index contributed by atoms with van der Waals surface area (Å²) in [5.41, 5.74) is 0.770. The van der Waals surface area contributed by atoms with Gasteiger partial charge in [0.1, 0.15) is 5.82 Å². The molecule has 2 aromatic rings. The van der Waals surface area contributed by atoms with E-state index >= 15 is 0 Å². The molecule has 3 amide bonds. The molecule has 1 atom stereocenters. The molecule has 1 spiro atoms. The lowest BCUT2D eigenvalue weighted by Gasteiger charge is -2.33.